The van der Waals surface area contributed by atoms with Crippen LogP contribution in [0.1, 0.15) is 88.5 Å². The molecule has 0 unspecified atom stereocenters. The molecule has 138 valence electrons. The summed E-state index contributed by atoms with van der Waals surface area (Å²) >= 11 is 6.02. The minimum atomic E-state index is 0.772. The van der Waals surface area contributed by atoms with Crippen LogP contribution in [0.25, 0.3) is 0 Å². The Morgan fingerprint density at radius 1 is 0.760 bits per heavy atom. The van der Waals surface area contributed by atoms with E-state index in [-0.39, 0.29) is 0 Å². The van der Waals surface area contributed by atoms with E-state index in [0.29, 0.717) is 0 Å². The van der Waals surface area contributed by atoms with E-state index < -0.39 is 0 Å². The average Bonchev–Trinajstić information content (AvgIpc) is 2.67. The maximum atomic E-state index is 6.02. The fraction of sp³-hybridized carbons (Fsp3) is 0.667. The van der Waals surface area contributed by atoms with Crippen LogP contribution in [0.15, 0.2) is 36.9 Å². The Labute approximate surface area is 160 Å². The maximum absolute atomic E-state index is 6.02. The monoisotopic (exact) mass is 358 g/mol. The Morgan fingerprint density at radius 3 is 1.76 bits per heavy atom. The van der Waals surface area contributed by atoms with Gasteiger partial charge in [-0.05, 0) is 79.9 Å². The Bertz CT molecular complexity index is 501. The standard InChI is InChI=1S/C24H35Cl/c1-2-3-4-19-5-7-20(8-6-19)9-10-21-11-13-22(14-12-21)23-15-17-24(25)18-16-23/h2,15-22H,1,3-14H2. The summed E-state index contributed by atoms with van der Waals surface area (Å²) in [5.41, 5.74) is 1.50. The molecule has 2 aliphatic rings. The van der Waals surface area contributed by atoms with Gasteiger partial charge in [0.1, 0.15) is 0 Å². The first-order valence-electron chi connectivity index (χ1n) is 10.6. The molecule has 2 fully saturated rings. The van der Waals surface area contributed by atoms with Crippen molar-refractivity contribution in [2.45, 2.75) is 83.0 Å². The van der Waals surface area contributed by atoms with Crippen LogP contribution >= 0.6 is 11.6 Å². The Hall–Kier alpha value is -0.750. The molecule has 0 aliphatic heterocycles. The summed E-state index contributed by atoms with van der Waals surface area (Å²) in [4.78, 5) is 0. The van der Waals surface area contributed by atoms with Gasteiger partial charge < -0.3 is 0 Å². The van der Waals surface area contributed by atoms with Gasteiger partial charge in [0.25, 0.3) is 0 Å². The van der Waals surface area contributed by atoms with Crippen molar-refractivity contribution >= 4 is 11.6 Å². The molecule has 0 aromatic heterocycles. The third-order valence-electron chi connectivity index (χ3n) is 6.92. The summed E-state index contributed by atoms with van der Waals surface area (Å²) in [5, 5.41) is 0.858. The largest absolute Gasteiger partial charge is 0.103 e. The highest BCUT2D eigenvalue weighted by molar-refractivity contribution is 6.30. The lowest BCUT2D eigenvalue weighted by Crippen LogP contribution is -2.17. The summed E-state index contributed by atoms with van der Waals surface area (Å²) in [7, 11) is 0. The van der Waals surface area contributed by atoms with Crippen LogP contribution in [-0.4, -0.2) is 0 Å². The van der Waals surface area contributed by atoms with Crippen molar-refractivity contribution in [2.75, 3.05) is 0 Å². The summed E-state index contributed by atoms with van der Waals surface area (Å²) < 4.78 is 0. The summed E-state index contributed by atoms with van der Waals surface area (Å²) in [6.07, 6.45) is 19.2. The van der Waals surface area contributed by atoms with E-state index in [1.54, 1.807) is 0 Å². The van der Waals surface area contributed by atoms with E-state index in [4.69, 9.17) is 11.6 Å². The molecule has 0 heterocycles. The molecule has 0 N–H and O–H groups in total. The maximum Gasteiger partial charge on any atom is 0.0406 e. The Morgan fingerprint density at radius 2 is 1.24 bits per heavy atom. The number of halogens is 1. The van der Waals surface area contributed by atoms with E-state index in [9.17, 15) is 0 Å². The second-order valence-electron chi connectivity index (χ2n) is 8.60. The van der Waals surface area contributed by atoms with Gasteiger partial charge in [-0.1, -0.05) is 68.3 Å². The predicted molar refractivity (Wildman–Crippen MR) is 110 cm³/mol. The molecule has 0 amide bonds. The minimum absolute atomic E-state index is 0.772. The number of hydrogen-bond acceptors (Lipinski definition) is 0. The van der Waals surface area contributed by atoms with Crippen molar-refractivity contribution in [2.24, 2.45) is 17.8 Å². The lowest BCUT2D eigenvalue weighted by Gasteiger charge is -2.32. The SMILES string of the molecule is C=CCCC1CCC(CCC2CCC(c3ccc(Cl)cc3)CC2)CC1. The number of allylic oxidation sites excluding steroid dienone is 1. The first kappa shape index (κ1) is 19.0. The number of benzene rings is 1. The molecule has 0 saturated heterocycles. The van der Waals surface area contributed by atoms with Crippen molar-refractivity contribution < 1.29 is 0 Å². The lowest BCUT2D eigenvalue weighted by atomic mass is 9.74. The van der Waals surface area contributed by atoms with E-state index in [0.717, 1.165) is 28.7 Å². The first-order chi connectivity index (χ1) is 12.2. The molecular weight excluding hydrogens is 324 g/mol. The van der Waals surface area contributed by atoms with Crippen LogP contribution in [-0.2, 0) is 0 Å². The smallest absolute Gasteiger partial charge is 0.0406 e. The van der Waals surface area contributed by atoms with Crippen molar-refractivity contribution in [3.05, 3.63) is 47.5 Å². The van der Waals surface area contributed by atoms with E-state index in [1.807, 2.05) is 12.1 Å². The third-order valence-corrected chi connectivity index (χ3v) is 7.17. The van der Waals surface area contributed by atoms with Gasteiger partial charge in [-0.2, -0.15) is 0 Å². The fourth-order valence-corrected chi connectivity index (χ4v) is 5.28. The lowest BCUT2D eigenvalue weighted by molar-refractivity contribution is 0.225. The van der Waals surface area contributed by atoms with Crippen LogP contribution < -0.4 is 0 Å². The van der Waals surface area contributed by atoms with Gasteiger partial charge in [0.2, 0.25) is 0 Å². The van der Waals surface area contributed by atoms with Crippen LogP contribution in [0.4, 0.5) is 0 Å². The molecular formula is C24H35Cl. The van der Waals surface area contributed by atoms with E-state index in [2.05, 4.69) is 24.8 Å². The van der Waals surface area contributed by atoms with Gasteiger partial charge in [0.05, 0.1) is 0 Å². The van der Waals surface area contributed by atoms with Crippen LogP contribution in [0, 0.1) is 17.8 Å². The summed E-state index contributed by atoms with van der Waals surface area (Å²) in [5.74, 6) is 3.77. The summed E-state index contributed by atoms with van der Waals surface area (Å²) in [6.45, 7) is 3.86. The highest BCUT2D eigenvalue weighted by atomic mass is 35.5. The molecule has 0 bridgehead atoms. The Kier molecular flexibility index (Phi) is 7.47. The molecule has 1 heteroatoms. The minimum Gasteiger partial charge on any atom is -0.103 e. The van der Waals surface area contributed by atoms with E-state index in [1.165, 1.54) is 82.6 Å². The summed E-state index contributed by atoms with van der Waals surface area (Å²) in [6, 6.07) is 8.57. The van der Waals surface area contributed by atoms with Gasteiger partial charge in [-0.25, -0.2) is 0 Å². The van der Waals surface area contributed by atoms with Crippen molar-refractivity contribution in [3.63, 3.8) is 0 Å². The molecule has 2 aliphatic carbocycles. The van der Waals surface area contributed by atoms with Crippen LogP contribution in [0.5, 0.6) is 0 Å². The molecule has 0 atom stereocenters. The molecule has 2 saturated carbocycles. The zero-order valence-corrected chi connectivity index (χ0v) is 16.5. The topological polar surface area (TPSA) is 0 Å². The van der Waals surface area contributed by atoms with Gasteiger partial charge in [-0.15, -0.1) is 6.58 Å². The molecule has 0 radical (unpaired) electrons. The second kappa shape index (κ2) is 9.81. The quantitative estimate of drug-likeness (QED) is 0.431. The normalized spacial score (nSPS) is 30.1. The van der Waals surface area contributed by atoms with Gasteiger partial charge in [0, 0.05) is 5.02 Å². The van der Waals surface area contributed by atoms with Gasteiger partial charge in [-0.3, -0.25) is 0 Å². The van der Waals surface area contributed by atoms with Crippen molar-refractivity contribution in [3.8, 4) is 0 Å². The van der Waals surface area contributed by atoms with Crippen LogP contribution in [0.3, 0.4) is 0 Å². The van der Waals surface area contributed by atoms with Crippen molar-refractivity contribution in [1.29, 1.82) is 0 Å². The molecule has 25 heavy (non-hydrogen) atoms. The molecule has 1 aromatic carbocycles. The zero-order valence-electron chi connectivity index (χ0n) is 15.8. The number of rotatable bonds is 7. The fourth-order valence-electron chi connectivity index (χ4n) is 5.15. The first-order valence-corrected chi connectivity index (χ1v) is 11.0. The molecule has 0 spiro atoms. The van der Waals surface area contributed by atoms with Crippen LogP contribution in [0.2, 0.25) is 5.02 Å². The highest BCUT2D eigenvalue weighted by Gasteiger charge is 2.25. The van der Waals surface area contributed by atoms with Crippen molar-refractivity contribution in [1.82, 2.24) is 0 Å². The van der Waals surface area contributed by atoms with Gasteiger partial charge >= 0.3 is 0 Å². The number of hydrogen-bond donors (Lipinski definition) is 0. The highest BCUT2D eigenvalue weighted by Crippen LogP contribution is 2.40. The molecule has 3 rings (SSSR count). The average molecular weight is 359 g/mol. The zero-order chi connectivity index (χ0) is 17.5. The second-order valence-corrected chi connectivity index (χ2v) is 9.04. The molecule has 1 aromatic rings. The third kappa shape index (κ3) is 5.88. The molecule has 0 nitrogen and oxygen atoms in total. The Balaban J connectivity index is 1.33. The van der Waals surface area contributed by atoms with Gasteiger partial charge in [0.15, 0.2) is 0 Å². The predicted octanol–water partition coefficient (Wildman–Crippen LogP) is 8.17. The van der Waals surface area contributed by atoms with E-state index >= 15 is 0 Å².